The number of amides is 1. The first-order chi connectivity index (χ1) is 13.6. The third kappa shape index (κ3) is 3.83. The summed E-state index contributed by atoms with van der Waals surface area (Å²) >= 11 is 3.16. The molecule has 0 bridgehead atoms. The predicted octanol–water partition coefficient (Wildman–Crippen LogP) is 4.48. The average molecular weight is 477 g/mol. The van der Waals surface area contributed by atoms with Gasteiger partial charge in [0.05, 0.1) is 5.84 Å². The van der Waals surface area contributed by atoms with E-state index in [1.807, 2.05) is 0 Å². The molecule has 1 aliphatic heterocycles. The summed E-state index contributed by atoms with van der Waals surface area (Å²) < 4.78 is 72.0. The Hall–Kier alpha value is -2.56. The van der Waals surface area contributed by atoms with Gasteiger partial charge in [0.1, 0.15) is 11.5 Å². The van der Waals surface area contributed by atoms with E-state index in [1.54, 1.807) is 6.07 Å². The lowest BCUT2D eigenvalue weighted by atomic mass is 9.79. The van der Waals surface area contributed by atoms with Gasteiger partial charge in [-0.05, 0) is 46.3 Å². The number of aromatic nitrogens is 1. The number of aliphatic imine (C=N–C) groups is 1. The van der Waals surface area contributed by atoms with E-state index in [4.69, 9.17) is 5.73 Å². The minimum atomic E-state index is -4.05. The topological polar surface area (TPSA) is 80.4 Å². The normalized spacial score (nSPS) is 21.0. The predicted molar refractivity (Wildman–Crippen MR) is 99.8 cm³/mol. The van der Waals surface area contributed by atoms with Crippen LogP contribution >= 0.6 is 15.9 Å². The van der Waals surface area contributed by atoms with Crippen molar-refractivity contribution in [1.29, 1.82) is 0 Å². The van der Waals surface area contributed by atoms with Crippen LogP contribution in [0.1, 0.15) is 28.9 Å². The van der Waals surface area contributed by atoms with E-state index in [9.17, 15) is 26.7 Å². The molecule has 0 saturated heterocycles. The number of rotatable bonds is 4. The molecule has 1 atom stereocenters. The van der Waals surface area contributed by atoms with Gasteiger partial charge in [-0.15, -0.1) is 0 Å². The number of nitrogens with one attached hydrogen (secondary N) is 1. The summed E-state index contributed by atoms with van der Waals surface area (Å²) in [5.74, 6) is -6.53. The van der Waals surface area contributed by atoms with Gasteiger partial charge in [-0.1, -0.05) is 0 Å². The minimum Gasteiger partial charge on any atom is -0.387 e. The highest BCUT2D eigenvalue weighted by molar-refractivity contribution is 9.10. The molecule has 11 heteroatoms. The molecule has 2 heterocycles. The van der Waals surface area contributed by atoms with Crippen molar-refractivity contribution in [3.05, 3.63) is 58.1 Å². The van der Waals surface area contributed by atoms with Gasteiger partial charge >= 0.3 is 0 Å². The highest BCUT2D eigenvalue weighted by atomic mass is 79.9. The number of nitrogens with zero attached hydrogens (tertiary/aromatic N) is 2. The molecule has 3 N–H and O–H groups in total. The van der Waals surface area contributed by atoms with Crippen molar-refractivity contribution in [2.75, 3.05) is 5.32 Å². The van der Waals surface area contributed by atoms with Gasteiger partial charge in [0.15, 0.2) is 0 Å². The highest BCUT2D eigenvalue weighted by Gasteiger charge is 2.63. The Bertz CT molecular complexity index is 967. The van der Waals surface area contributed by atoms with E-state index in [1.165, 1.54) is 12.3 Å². The SMILES string of the molecule is NC1=NC(c2cc(NC(=O)c3ccc(Br)cn3)ccc2F)(C(F)F)C(F)(F)CC1. The van der Waals surface area contributed by atoms with E-state index in [0.717, 1.165) is 6.07 Å². The molecule has 29 heavy (non-hydrogen) atoms. The number of hydrogen-bond acceptors (Lipinski definition) is 4. The van der Waals surface area contributed by atoms with Gasteiger partial charge in [-0.3, -0.25) is 4.79 Å². The minimum absolute atomic E-state index is 0.0205. The molecule has 5 nitrogen and oxygen atoms in total. The number of halogens is 6. The van der Waals surface area contributed by atoms with Crippen LogP contribution in [0.5, 0.6) is 0 Å². The smallest absolute Gasteiger partial charge is 0.283 e. The fraction of sp³-hybridized carbons (Fsp3) is 0.278. The Morgan fingerprint density at radius 2 is 1.97 bits per heavy atom. The second kappa shape index (κ2) is 7.69. The Kier molecular flexibility index (Phi) is 5.61. The van der Waals surface area contributed by atoms with Crippen molar-refractivity contribution < 1.29 is 26.7 Å². The van der Waals surface area contributed by atoms with Gasteiger partial charge in [0.25, 0.3) is 18.3 Å². The molecule has 154 valence electrons. The monoisotopic (exact) mass is 476 g/mol. The number of carbonyl (C=O) groups excluding carboxylic acids is 1. The summed E-state index contributed by atoms with van der Waals surface area (Å²) in [7, 11) is 0. The van der Waals surface area contributed by atoms with E-state index in [0.29, 0.717) is 16.6 Å². The molecule has 2 aromatic rings. The second-order valence-electron chi connectivity index (χ2n) is 6.39. The summed E-state index contributed by atoms with van der Waals surface area (Å²) in [5.41, 5.74) is 0.703. The number of carbonyl (C=O) groups is 1. The number of amidine groups is 1. The third-order valence-corrected chi connectivity index (χ3v) is 4.95. The standard InChI is InChI=1S/C18H14BrF5N4O/c19-9-1-4-13(26-8-9)15(29)27-10-2-3-12(20)11(7-10)18(16(21)22)17(23,24)6-5-14(25)28-18/h1-4,7-8,16H,5-6H2,(H2,25,28)(H,27,29). The fourth-order valence-electron chi connectivity index (χ4n) is 3.02. The van der Waals surface area contributed by atoms with Gasteiger partial charge in [-0.2, -0.15) is 0 Å². The summed E-state index contributed by atoms with van der Waals surface area (Å²) in [6, 6.07) is 5.41. The number of nitrogens with two attached hydrogens (primary N) is 1. The lowest BCUT2D eigenvalue weighted by Crippen LogP contribution is -2.54. The van der Waals surface area contributed by atoms with Crippen molar-refractivity contribution in [1.82, 2.24) is 4.98 Å². The van der Waals surface area contributed by atoms with Crippen molar-refractivity contribution in [2.45, 2.75) is 30.7 Å². The number of pyridine rings is 1. The molecule has 1 unspecified atom stereocenters. The van der Waals surface area contributed by atoms with E-state index in [-0.39, 0.29) is 11.4 Å². The van der Waals surface area contributed by atoms with E-state index < -0.39 is 53.9 Å². The van der Waals surface area contributed by atoms with Crippen molar-refractivity contribution in [3.63, 3.8) is 0 Å². The molecule has 0 aliphatic carbocycles. The molecule has 1 aromatic heterocycles. The number of anilines is 1. The maximum atomic E-state index is 14.6. The van der Waals surface area contributed by atoms with Gasteiger partial charge in [-0.25, -0.2) is 31.9 Å². The first kappa shape index (κ1) is 21.2. The van der Waals surface area contributed by atoms with Crippen LogP contribution in [-0.2, 0) is 5.54 Å². The van der Waals surface area contributed by atoms with E-state index in [2.05, 4.69) is 31.2 Å². The average Bonchev–Trinajstić information content (AvgIpc) is 2.65. The van der Waals surface area contributed by atoms with Gasteiger partial charge in [0, 0.05) is 34.8 Å². The molecule has 0 saturated carbocycles. The van der Waals surface area contributed by atoms with Crippen LogP contribution < -0.4 is 11.1 Å². The van der Waals surface area contributed by atoms with Crippen LogP contribution in [-0.4, -0.2) is 29.1 Å². The first-order valence-electron chi connectivity index (χ1n) is 8.30. The molecule has 3 rings (SSSR count). The van der Waals surface area contributed by atoms with Crippen LogP contribution in [0.3, 0.4) is 0 Å². The maximum absolute atomic E-state index is 14.6. The molecule has 1 aromatic carbocycles. The zero-order valence-corrected chi connectivity index (χ0v) is 16.2. The summed E-state index contributed by atoms with van der Waals surface area (Å²) in [5, 5.41) is 2.33. The van der Waals surface area contributed by atoms with Crippen molar-refractivity contribution in [3.8, 4) is 0 Å². The third-order valence-electron chi connectivity index (χ3n) is 4.48. The van der Waals surface area contributed by atoms with Crippen LogP contribution in [0.2, 0.25) is 0 Å². The van der Waals surface area contributed by atoms with Crippen LogP contribution in [0.4, 0.5) is 27.6 Å². The van der Waals surface area contributed by atoms with Gasteiger partial charge in [0.2, 0.25) is 5.54 Å². The molecule has 0 radical (unpaired) electrons. The summed E-state index contributed by atoms with van der Waals surface area (Å²) in [6.45, 7) is 0. The maximum Gasteiger partial charge on any atom is 0.283 e. The quantitative estimate of drug-likeness (QED) is 0.638. The van der Waals surface area contributed by atoms with Crippen LogP contribution in [0, 0.1) is 5.82 Å². The van der Waals surface area contributed by atoms with Gasteiger partial charge < -0.3 is 11.1 Å². The molecular formula is C18H14BrF5N4O. The number of benzene rings is 1. The molecule has 0 spiro atoms. The summed E-state index contributed by atoms with van der Waals surface area (Å²) in [6.07, 6.45) is -3.79. The molecule has 1 aliphatic rings. The lowest BCUT2D eigenvalue weighted by Gasteiger charge is -2.40. The van der Waals surface area contributed by atoms with Crippen LogP contribution in [0.15, 0.2) is 46.0 Å². The second-order valence-corrected chi connectivity index (χ2v) is 7.30. The largest absolute Gasteiger partial charge is 0.387 e. The Labute approximate surface area is 170 Å². The number of hydrogen-bond donors (Lipinski definition) is 2. The molecular weight excluding hydrogens is 463 g/mol. The Morgan fingerprint density at radius 3 is 2.59 bits per heavy atom. The first-order valence-corrected chi connectivity index (χ1v) is 9.09. The van der Waals surface area contributed by atoms with Crippen molar-refractivity contribution >= 4 is 33.4 Å². The Balaban J connectivity index is 2.05. The lowest BCUT2D eigenvalue weighted by molar-refractivity contribution is -0.145. The van der Waals surface area contributed by atoms with Crippen LogP contribution in [0.25, 0.3) is 0 Å². The fourth-order valence-corrected chi connectivity index (χ4v) is 3.26. The zero-order chi connectivity index (χ0) is 21.4. The molecule has 1 amide bonds. The highest BCUT2D eigenvalue weighted by Crippen LogP contribution is 2.51. The molecule has 0 fully saturated rings. The van der Waals surface area contributed by atoms with Crippen molar-refractivity contribution in [2.24, 2.45) is 10.7 Å². The summed E-state index contributed by atoms with van der Waals surface area (Å²) in [4.78, 5) is 19.4. The zero-order valence-electron chi connectivity index (χ0n) is 14.6. The number of alkyl halides is 4. The Morgan fingerprint density at radius 1 is 1.24 bits per heavy atom. The van der Waals surface area contributed by atoms with E-state index >= 15 is 0 Å².